The minimum Gasteiger partial charge on any atom is -0.671 e. The van der Waals surface area contributed by atoms with Crippen molar-refractivity contribution < 1.29 is 58.7 Å². The van der Waals surface area contributed by atoms with Crippen LogP contribution in [0, 0.1) is 50.0 Å². The van der Waals surface area contributed by atoms with Crippen LogP contribution in [0.5, 0.6) is 0 Å². The van der Waals surface area contributed by atoms with Crippen LogP contribution in [-0.2, 0) is 9.53 Å². The molecule has 1 aliphatic heterocycles. The third-order valence-corrected chi connectivity index (χ3v) is 4.63. The van der Waals surface area contributed by atoms with Gasteiger partial charge < -0.3 is 20.9 Å². The number of carboxylic acid groups (broad SMARTS) is 1. The maximum Gasteiger partial charge on any atom is 0.320 e. The Morgan fingerprint density at radius 2 is 2.10 bits per heavy atom. The number of carboxylic acids is 1. The smallest absolute Gasteiger partial charge is 0.320 e. The number of hydrogen-bond acceptors (Lipinski definition) is 3. The van der Waals surface area contributed by atoms with E-state index >= 15 is 0 Å². The third-order valence-electron chi connectivity index (χ3n) is 4.63. The van der Waals surface area contributed by atoms with E-state index in [1.807, 2.05) is 32.9 Å². The topological polar surface area (TPSA) is 82.4 Å². The van der Waals surface area contributed by atoms with E-state index in [0.29, 0.717) is 6.42 Å². The van der Waals surface area contributed by atoms with Crippen molar-refractivity contribution in [3.63, 3.8) is 0 Å². The summed E-state index contributed by atoms with van der Waals surface area (Å²) in [6.45, 7) is 5.96. The Labute approximate surface area is 163 Å². The van der Waals surface area contributed by atoms with Crippen LogP contribution < -0.4 is 5.32 Å². The van der Waals surface area contributed by atoms with E-state index in [4.69, 9.17) is 10.5 Å². The van der Waals surface area contributed by atoms with Crippen molar-refractivity contribution in [1.82, 2.24) is 5.32 Å². The van der Waals surface area contributed by atoms with Crippen molar-refractivity contribution in [3.8, 4) is 0 Å². The van der Waals surface area contributed by atoms with Crippen molar-refractivity contribution in [2.24, 2.45) is 5.92 Å². The number of allylic oxidation sites excluding steroid dienone is 1. The number of ether oxygens (including phenoxy) is 1. The van der Waals surface area contributed by atoms with Gasteiger partial charge in [0, 0.05) is 57.2 Å². The van der Waals surface area contributed by atoms with Gasteiger partial charge in [-0.25, -0.2) is 0 Å². The molecule has 1 aliphatic rings. The molecule has 0 saturated carbocycles. The summed E-state index contributed by atoms with van der Waals surface area (Å²) in [5.74, 6) is -0.776. The zero-order valence-electron chi connectivity index (χ0n) is 13.4. The predicted molar refractivity (Wildman–Crippen MR) is 79.7 cm³/mol. The van der Waals surface area contributed by atoms with Gasteiger partial charge in [-0.3, -0.25) is 4.79 Å². The van der Waals surface area contributed by atoms with E-state index in [1.54, 1.807) is 7.11 Å². The SMILES string of the molecule is C/C=C\[C@@H]1C[C@H](C(=O)O)N[C@H]1[C@@H]([NH-])C(CC)(CC)OC.[Ac]. The molecule has 3 N–H and O–H groups in total. The molecule has 0 aromatic rings. The first-order valence-corrected chi connectivity index (χ1v) is 7.33. The minimum absolute atomic E-state index is 0. The van der Waals surface area contributed by atoms with E-state index in [1.165, 1.54) is 0 Å². The molecular weight excluding hydrogens is 483 g/mol. The standard InChI is InChI=1S/C15H27N2O3.Ac/c1-5-8-10-9-11(14(18)19)17-12(10)13(16)15(6-2,7-3)20-4;/h5,8,10-13,16-17H,6-7,9H2,1-4H3,(H,18,19);/q-1;/b8-5-;/t10-,11-,12-,13-;/m1./s1. The first-order valence-electron chi connectivity index (χ1n) is 7.33. The molecule has 119 valence electrons. The fourth-order valence-electron chi connectivity index (χ4n) is 3.24. The van der Waals surface area contributed by atoms with Crippen LogP contribution >= 0.6 is 0 Å². The molecule has 0 spiro atoms. The van der Waals surface area contributed by atoms with Crippen molar-refractivity contribution in [3.05, 3.63) is 17.9 Å². The van der Waals surface area contributed by atoms with Crippen LogP contribution in [0.15, 0.2) is 12.2 Å². The molecular formula is C15H27AcN2O3-. The van der Waals surface area contributed by atoms with Crippen LogP contribution in [0.2, 0.25) is 0 Å². The first kappa shape index (κ1) is 21.5. The van der Waals surface area contributed by atoms with E-state index < -0.39 is 23.7 Å². The zero-order valence-corrected chi connectivity index (χ0v) is 18.2. The fraction of sp³-hybridized carbons (Fsp3) is 0.800. The summed E-state index contributed by atoms with van der Waals surface area (Å²) in [7, 11) is 1.64. The maximum absolute atomic E-state index is 11.2. The molecule has 0 aromatic carbocycles. The number of rotatable bonds is 7. The Balaban J connectivity index is 0.00000400. The summed E-state index contributed by atoms with van der Waals surface area (Å²) in [4.78, 5) is 11.2. The third kappa shape index (κ3) is 4.75. The van der Waals surface area contributed by atoms with Gasteiger partial charge in [0.25, 0.3) is 0 Å². The van der Waals surface area contributed by atoms with Crippen LogP contribution in [0.1, 0.15) is 40.0 Å². The zero-order chi connectivity index (χ0) is 15.3. The second-order valence-electron chi connectivity index (χ2n) is 5.46. The summed E-state index contributed by atoms with van der Waals surface area (Å²) in [6.07, 6.45) is 5.96. The maximum atomic E-state index is 11.2. The molecule has 1 heterocycles. The molecule has 21 heavy (non-hydrogen) atoms. The van der Waals surface area contributed by atoms with Gasteiger partial charge in [-0.1, -0.05) is 32.0 Å². The van der Waals surface area contributed by atoms with Crippen molar-refractivity contribution in [1.29, 1.82) is 0 Å². The Morgan fingerprint density at radius 1 is 1.52 bits per heavy atom. The molecule has 5 nitrogen and oxygen atoms in total. The van der Waals surface area contributed by atoms with Gasteiger partial charge in [0.15, 0.2) is 0 Å². The van der Waals surface area contributed by atoms with Gasteiger partial charge in [0.2, 0.25) is 0 Å². The van der Waals surface area contributed by atoms with Gasteiger partial charge in [-0.15, -0.1) is 0 Å². The molecule has 1 fully saturated rings. The molecule has 0 amide bonds. The van der Waals surface area contributed by atoms with E-state index in [9.17, 15) is 9.90 Å². The molecule has 4 atom stereocenters. The normalized spacial score (nSPS) is 27.6. The molecule has 1 radical (unpaired) electrons. The van der Waals surface area contributed by atoms with Crippen molar-refractivity contribution >= 4 is 5.97 Å². The number of aliphatic carboxylic acids is 1. The monoisotopic (exact) mass is 510 g/mol. The first-order chi connectivity index (χ1) is 9.45. The molecule has 6 heteroatoms. The quantitative estimate of drug-likeness (QED) is 0.516. The Morgan fingerprint density at radius 3 is 2.48 bits per heavy atom. The summed E-state index contributed by atoms with van der Waals surface area (Å²) in [5.41, 5.74) is 8.08. The van der Waals surface area contributed by atoms with Gasteiger partial charge in [-0.05, 0) is 32.1 Å². The number of methoxy groups -OCH3 is 1. The van der Waals surface area contributed by atoms with Crippen LogP contribution in [0.3, 0.4) is 0 Å². The molecule has 1 rings (SSSR count). The summed E-state index contributed by atoms with van der Waals surface area (Å²) in [6, 6.07) is -1.25. The number of carbonyl (C=O) groups is 1. The summed E-state index contributed by atoms with van der Waals surface area (Å²) in [5, 5.41) is 12.3. The summed E-state index contributed by atoms with van der Waals surface area (Å²) < 4.78 is 5.63. The molecule has 0 unspecified atom stereocenters. The van der Waals surface area contributed by atoms with Gasteiger partial charge in [0.05, 0.1) is 5.60 Å². The average molecular weight is 510 g/mol. The van der Waals surface area contributed by atoms with Crippen LogP contribution in [0.4, 0.5) is 0 Å². The Hall–Kier alpha value is 0.532. The van der Waals surface area contributed by atoms with Gasteiger partial charge in [0.1, 0.15) is 6.04 Å². The largest absolute Gasteiger partial charge is 0.671 e. The number of nitrogens with one attached hydrogen (secondary N) is 2. The molecule has 0 aromatic heterocycles. The average Bonchev–Trinajstić information content (AvgIpc) is 2.86. The predicted octanol–water partition coefficient (Wildman–Crippen LogP) is 2.62. The van der Waals surface area contributed by atoms with Crippen molar-refractivity contribution in [2.45, 2.75) is 63.8 Å². The second-order valence-corrected chi connectivity index (χ2v) is 5.46. The van der Waals surface area contributed by atoms with Gasteiger partial charge in [-0.2, -0.15) is 0 Å². The van der Waals surface area contributed by atoms with E-state index in [-0.39, 0.29) is 56.0 Å². The Kier molecular flexibility index (Phi) is 9.87. The van der Waals surface area contributed by atoms with Gasteiger partial charge >= 0.3 is 5.97 Å². The number of hydrogen-bond donors (Lipinski definition) is 2. The van der Waals surface area contributed by atoms with Crippen LogP contribution in [-0.4, -0.2) is 41.9 Å². The van der Waals surface area contributed by atoms with Crippen LogP contribution in [0.25, 0.3) is 5.73 Å². The Bertz CT molecular complexity index is 351. The molecule has 0 aliphatic carbocycles. The van der Waals surface area contributed by atoms with Crippen molar-refractivity contribution in [2.75, 3.05) is 7.11 Å². The minimum atomic E-state index is -0.842. The molecule has 1 saturated heterocycles. The summed E-state index contributed by atoms with van der Waals surface area (Å²) >= 11 is 0. The second kappa shape index (κ2) is 9.62. The molecule has 0 bridgehead atoms. The van der Waals surface area contributed by atoms with E-state index in [0.717, 1.165) is 12.8 Å². The van der Waals surface area contributed by atoms with E-state index in [2.05, 4.69) is 5.32 Å². The fourth-order valence-corrected chi connectivity index (χ4v) is 3.24.